The van der Waals surface area contributed by atoms with Crippen molar-refractivity contribution in [3.05, 3.63) is 40.2 Å². The van der Waals surface area contributed by atoms with Crippen molar-refractivity contribution in [1.29, 1.82) is 0 Å². The average Bonchev–Trinajstić information content (AvgIpc) is 2.84. The fourth-order valence-electron chi connectivity index (χ4n) is 2.67. The lowest BCUT2D eigenvalue weighted by molar-refractivity contribution is -0.0778. The Labute approximate surface area is 123 Å². The Kier molecular flexibility index (Phi) is 3.87. The van der Waals surface area contributed by atoms with Gasteiger partial charge in [0.2, 0.25) is 0 Å². The second kappa shape index (κ2) is 5.64. The number of nitrogens with zero attached hydrogens (tertiary/aromatic N) is 1. The van der Waals surface area contributed by atoms with Crippen molar-refractivity contribution >= 4 is 11.3 Å². The van der Waals surface area contributed by atoms with Crippen LogP contribution >= 0.6 is 11.3 Å². The zero-order valence-corrected chi connectivity index (χ0v) is 12.6. The highest BCUT2D eigenvalue weighted by Gasteiger charge is 2.42. The summed E-state index contributed by atoms with van der Waals surface area (Å²) < 4.78 is 5.76. The van der Waals surface area contributed by atoms with Crippen molar-refractivity contribution < 1.29 is 4.74 Å². The zero-order valence-electron chi connectivity index (χ0n) is 11.8. The second-order valence-electron chi connectivity index (χ2n) is 5.25. The van der Waals surface area contributed by atoms with E-state index < -0.39 is 0 Å². The molecule has 0 saturated heterocycles. The molecule has 1 fully saturated rings. The van der Waals surface area contributed by atoms with Crippen molar-refractivity contribution in [1.82, 2.24) is 4.98 Å². The Bertz CT molecular complexity index is 570. The predicted octanol–water partition coefficient (Wildman–Crippen LogP) is 3.34. The third-order valence-electron chi connectivity index (χ3n) is 4.06. The molecule has 106 valence electrons. The van der Waals surface area contributed by atoms with Crippen LogP contribution in [-0.4, -0.2) is 18.6 Å². The maximum Gasteiger partial charge on any atom is 0.126 e. The van der Waals surface area contributed by atoms with Gasteiger partial charge in [0, 0.05) is 17.6 Å². The quantitative estimate of drug-likeness (QED) is 0.918. The first kappa shape index (κ1) is 13.7. The number of methoxy groups -OCH3 is 1. The van der Waals surface area contributed by atoms with E-state index in [2.05, 4.69) is 24.3 Å². The summed E-state index contributed by atoms with van der Waals surface area (Å²) in [6.07, 6.45) is 4.25. The van der Waals surface area contributed by atoms with Crippen molar-refractivity contribution in [2.24, 2.45) is 5.73 Å². The molecular weight excluding hydrogens is 268 g/mol. The summed E-state index contributed by atoms with van der Waals surface area (Å²) in [5, 5.41) is 1.12. The number of aromatic nitrogens is 1. The molecule has 1 heterocycles. The number of benzene rings is 1. The second-order valence-corrected chi connectivity index (χ2v) is 6.33. The van der Waals surface area contributed by atoms with Gasteiger partial charge in [-0.25, -0.2) is 4.98 Å². The summed E-state index contributed by atoms with van der Waals surface area (Å²) in [6.45, 7) is 0.654. The normalized spacial score (nSPS) is 16.9. The molecule has 0 unspecified atom stereocenters. The van der Waals surface area contributed by atoms with Crippen LogP contribution in [0.5, 0.6) is 0 Å². The molecule has 1 aliphatic rings. The van der Waals surface area contributed by atoms with Gasteiger partial charge in [-0.3, -0.25) is 0 Å². The molecule has 0 atom stereocenters. The Hall–Kier alpha value is -1.23. The molecule has 3 nitrogen and oxygen atoms in total. The molecule has 0 radical (unpaired) electrons. The molecule has 1 saturated carbocycles. The minimum Gasteiger partial charge on any atom is -0.371 e. The van der Waals surface area contributed by atoms with E-state index in [1.54, 1.807) is 18.4 Å². The fraction of sp³-hybridized carbons (Fsp3) is 0.438. The van der Waals surface area contributed by atoms with Gasteiger partial charge in [-0.15, -0.1) is 11.3 Å². The first-order chi connectivity index (χ1) is 9.79. The molecule has 4 heteroatoms. The molecule has 1 aromatic heterocycles. The van der Waals surface area contributed by atoms with E-state index in [0.717, 1.165) is 30.0 Å². The van der Waals surface area contributed by atoms with Crippen LogP contribution in [-0.2, 0) is 16.8 Å². The fourth-order valence-corrected chi connectivity index (χ4v) is 4.00. The molecule has 3 rings (SSSR count). The first-order valence-corrected chi connectivity index (χ1v) is 7.91. The van der Waals surface area contributed by atoms with E-state index in [1.165, 1.54) is 16.9 Å². The van der Waals surface area contributed by atoms with E-state index in [9.17, 15) is 0 Å². The van der Waals surface area contributed by atoms with Gasteiger partial charge in [0.15, 0.2) is 0 Å². The van der Waals surface area contributed by atoms with Crippen LogP contribution in [0.1, 0.15) is 29.1 Å². The number of hydrogen-bond donors (Lipinski definition) is 1. The van der Waals surface area contributed by atoms with Crippen LogP contribution in [0.25, 0.3) is 11.3 Å². The molecule has 0 aliphatic heterocycles. The zero-order chi connectivity index (χ0) is 14.0. The van der Waals surface area contributed by atoms with E-state index in [4.69, 9.17) is 15.5 Å². The van der Waals surface area contributed by atoms with Gasteiger partial charge in [-0.2, -0.15) is 0 Å². The summed E-state index contributed by atoms with van der Waals surface area (Å²) in [7, 11) is 1.80. The van der Waals surface area contributed by atoms with Gasteiger partial charge in [0.25, 0.3) is 0 Å². The van der Waals surface area contributed by atoms with Crippen LogP contribution in [0.15, 0.2) is 30.3 Å². The highest BCUT2D eigenvalue weighted by molar-refractivity contribution is 7.12. The Balaban J connectivity index is 2.03. The molecular formula is C16H20N2OS. The van der Waals surface area contributed by atoms with Crippen LogP contribution in [0.2, 0.25) is 0 Å². The molecule has 1 aromatic carbocycles. The van der Waals surface area contributed by atoms with Gasteiger partial charge in [0.05, 0.1) is 5.69 Å². The first-order valence-electron chi connectivity index (χ1n) is 7.10. The predicted molar refractivity (Wildman–Crippen MR) is 82.8 cm³/mol. The summed E-state index contributed by atoms with van der Waals surface area (Å²) in [5.41, 5.74) is 7.87. The Morgan fingerprint density at radius 2 is 2.05 bits per heavy atom. The lowest BCUT2D eigenvalue weighted by Gasteiger charge is -2.38. The topological polar surface area (TPSA) is 48.1 Å². The van der Waals surface area contributed by atoms with Crippen LogP contribution in [0.4, 0.5) is 0 Å². The van der Waals surface area contributed by atoms with Crippen LogP contribution < -0.4 is 5.73 Å². The lowest BCUT2D eigenvalue weighted by atomic mass is 9.80. The molecule has 0 amide bonds. The van der Waals surface area contributed by atoms with Gasteiger partial charge in [-0.05, 0) is 32.2 Å². The minimum absolute atomic E-state index is 0.138. The maximum atomic E-state index is 5.76. The van der Waals surface area contributed by atoms with Crippen molar-refractivity contribution in [3.8, 4) is 11.3 Å². The summed E-state index contributed by atoms with van der Waals surface area (Å²) in [6, 6.07) is 10.4. The number of hydrogen-bond acceptors (Lipinski definition) is 4. The highest BCUT2D eigenvalue weighted by atomic mass is 32.1. The number of thiazole rings is 1. The number of rotatable bonds is 5. The van der Waals surface area contributed by atoms with Gasteiger partial charge in [0.1, 0.15) is 10.6 Å². The van der Waals surface area contributed by atoms with Crippen molar-refractivity contribution in [2.45, 2.75) is 31.3 Å². The van der Waals surface area contributed by atoms with Crippen LogP contribution in [0, 0.1) is 0 Å². The summed E-state index contributed by atoms with van der Waals surface area (Å²) >= 11 is 1.77. The van der Waals surface area contributed by atoms with Crippen molar-refractivity contribution in [2.75, 3.05) is 13.7 Å². The van der Waals surface area contributed by atoms with E-state index in [-0.39, 0.29) is 5.60 Å². The summed E-state index contributed by atoms with van der Waals surface area (Å²) in [5.74, 6) is 0. The maximum absolute atomic E-state index is 5.76. The molecule has 20 heavy (non-hydrogen) atoms. The summed E-state index contributed by atoms with van der Waals surface area (Å²) in [4.78, 5) is 6.18. The molecule has 2 aromatic rings. The SMILES string of the molecule is COC1(c2nc(-c3ccccc3)c(CCN)s2)CCC1. The van der Waals surface area contributed by atoms with Crippen molar-refractivity contribution in [3.63, 3.8) is 0 Å². The molecule has 0 bridgehead atoms. The Morgan fingerprint density at radius 1 is 1.30 bits per heavy atom. The van der Waals surface area contributed by atoms with Crippen LogP contribution in [0.3, 0.4) is 0 Å². The molecule has 2 N–H and O–H groups in total. The lowest BCUT2D eigenvalue weighted by Crippen LogP contribution is -2.35. The largest absolute Gasteiger partial charge is 0.371 e. The molecule has 1 aliphatic carbocycles. The Morgan fingerprint density at radius 3 is 2.60 bits per heavy atom. The average molecular weight is 288 g/mol. The van der Waals surface area contributed by atoms with E-state index >= 15 is 0 Å². The minimum atomic E-state index is -0.138. The number of nitrogens with two attached hydrogens (primary N) is 1. The van der Waals surface area contributed by atoms with Gasteiger partial charge in [-0.1, -0.05) is 30.3 Å². The smallest absolute Gasteiger partial charge is 0.126 e. The third kappa shape index (κ3) is 2.28. The van der Waals surface area contributed by atoms with E-state index in [1.807, 2.05) is 6.07 Å². The third-order valence-corrected chi connectivity index (χ3v) is 5.36. The van der Waals surface area contributed by atoms with Gasteiger partial charge >= 0.3 is 0 Å². The monoisotopic (exact) mass is 288 g/mol. The molecule has 0 spiro atoms. The standard InChI is InChI=1S/C16H20N2OS/c1-19-16(9-5-10-16)15-18-14(13(20-15)8-11-17)12-6-3-2-4-7-12/h2-4,6-7H,5,8-11,17H2,1H3. The number of ether oxygens (including phenoxy) is 1. The highest BCUT2D eigenvalue weighted by Crippen LogP contribution is 2.47. The van der Waals surface area contributed by atoms with E-state index in [0.29, 0.717) is 6.54 Å². The van der Waals surface area contributed by atoms with Gasteiger partial charge < -0.3 is 10.5 Å².